The molecular weight excluding hydrogens is 459 g/mol. The molecule has 0 aliphatic carbocycles. The molecule has 9 heteroatoms. The van der Waals surface area contributed by atoms with Gasteiger partial charge >= 0.3 is 6.18 Å². The molecule has 0 unspecified atom stereocenters. The standard InChI is InChI=1S/C24H25ClF3NO4/c1-3-33-22-11-8-16(12-18(31)7-5-4-6-15(2)30)13-19(22)23(32)29-17-9-10-21(25)20(14-17)24(26,27)28/h8-11,13-14H,3-7,12H2,1-2H3,(H,29,32). The van der Waals surface area contributed by atoms with Crippen molar-refractivity contribution in [1.82, 2.24) is 0 Å². The lowest BCUT2D eigenvalue weighted by atomic mass is 10.0. The predicted molar refractivity (Wildman–Crippen MR) is 120 cm³/mol. The molecule has 0 bridgehead atoms. The highest BCUT2D eigenvalue weighted by atomic mass is 35.5. The number of ether oxygens (including phenoxy) is 1. The van der Waals surface area contributed by atoms with Gasteiger partial charge in [-0.3, -0.25) is 9.59 Å². The van der Waals surface area contributed by atoms with Gasteiger partial charge in [-0.2, -0.15) is 13.2 Å². The average Bonchev–Trinajstić information content (AvgIpc) is 2.73. The number of Topliss-reactive ketones (excluding diaryl/α,β-unsaturated/α-hetero) is 2. The van der Waals surface area contributed by atoms with Gasteiger partial charge in [0.15, 0.2) is 0 Å². The minimum absolute atomic E-state index is 0.0402. The molecule has 0 aliphatic rings. The van der Waals surface area contributed by atoms with Crippen LogP contribution in [0.5, 0.6) is 5.75 Å². The van der Waals surface area contributed by atoms with Crippen molar-refractivity contribution in [2.75, 3.05) is 11.9 Å². The molecule has 0 aromatic heterocycles. The molecule has 1 amide bonds. The fourth-order valence-corrected chi connectivity index (χ4v) is 3.40. The van der Waals surface area contributed by atoms with Gasteiger partial charge in [-0.1, -0.05) is 17.7 Å². The number of unbranched alkanes of at least 4 members (excludes halogenated alkanes) is 1. The first kappa shape index (κ1) is 26.4. The number of carbonyl (C=O) groups excluding carboxylic acids is 3. The van der Waals surface area contributed by atoms with Crippen LogP contribution in [0.4, 0.5) is 18.9 Å². The van der Waals surface area contributed by atoms with Crippen molar-refractivity contribution in [3.05, 3.63) is 58.1 Å². The number of ketones is 2. The summed E-state index contributed by atoms with van der Waals surface area (Å²) in [4.78, 5) is 36.1. The van der Waals surface area contributed by atoms with Crippen molar-refractivity contribution in [3.8, 4) is 5.75 Å². The maximum absolute atomic E-state index is 13.1. The molecule has 0 spiro atoms. The van der Waals surface area contributed by atoms with E-state index in [0.717, 1.165) is 12.1 Å². The lowest BCUT2D eigenvalue weighted by Crippen LogP contribution is -2.16. The van der Waals surface area contributed by atoms with Crippen LogP contribution in [0, 0.1) is 0 Å². The predicted octanol–water partition coefficient (Wildman–Crippen LogP) is 6.27. The molecule has 5 nitrogen and oxygen atoms in total. The van der Waals surface area contributed by atoms with Crippen LogP contribution in [-0.4, -0.2) is 24.1 Å². The minimum atomic E-state index is -4.67. The van der Waals surface area contributed by atoms with Gasteiger partial charge in [0.2, 0.25) is 0 Å². The lowest BCUT2D eigenvalue weighted by Gasteiger charge is -2.14. The van der Waals surface area contributed by atoms with Gasteiger partial charge in [-0.15, -0.1) is 0 Å². The molecule has 0 aliphatic heterocycles. The van der Waals surface area contributed by atoms with Gasteiger partial charge in [-0.05, 0) is 62.6 Å². The average molecular weight is 484 g/mol. The fourth-order valence-electron chi connectivity index (χ4n) is 3.18. The minimum Gasteiger partial charge on any atom is -0.493 e. The van der Waals surface area contributed by atoms with E-state index in [2.05, 4.69) is 5.32 Å². The first-order valence-corrected chi connectivity index (χ1v) is 10.8. The Morgan fingerprint density at radius 3 is 2.36 bits per heavy atom. The third-order valence-corrected chi connectivity index (χ3v) is 5.08. The highest BCUT2D eigenvalue weighted by Crippen LogP contribution is 2.36. The van der Waals surface area contributed by atoms with Gasteiger partial charge in [0.05, 0.1) is 22.8 Å². The summed E-state index contributed by atoms with van der Waals surface area (Å²) in [6.07, 6.45) is -2.60. The number of alkyl halides is 3. The summed E-state index contributed by atoms with van der Waals surface area (Å²) in [5, 5.41) is 1.96. The Balaban J connectivity index is 2.18. The molecule has 0 saturated carbocycles. The maximum atomic E-state index is 13.1. The lowest BCUT2D eigenvalue weighted by molar-refractivity contribution is -0.137. The van der Waals surface area contributed by atoms with Gasteiger partial charge in [-0.25, -0.2) is 0 Å². The van der Waals surface area contributed by atoms with Crippen LogP contribution in [0.15, 0.2) is 36.4 Å². The smallest absolute Gasteiger partial charge is 0.417 e. The number of benzene rings is 2. The second-order valence-electron chi connectivity index (χ2n) is 7.53. The summed E-state index contributed by atoms with van der Waals surface area (Å²) in [5.41, 5.74) is -0.461. The monoisotopic (exact) mass is 483 g/mol. The number of nitrogens with one attached hydrogen (secondary N) is 1. The second-order valence-corrected chi connectivity index (χ2v) is 7.94. The maximum Gasteiger partial charge on any atom is 0.417 e. The highest BCUT2D eigenvalue weighted by Gasteiger charge is 2.33. The van der Waals surface area contributed by atoms with E-state index >= 15 is 0 Å². The van der Waals surface area contributed by atoms with E-state index in [0.29, 0.717) is 31.2 Å². The van der Waals surface area contributed by atoms with Crippen LogP contribution in [0.1, 0.15) is 61.0 Å². The van der Waals surface area contributed by atoms with E-state index in [-0.39, 0.29) is 41.6 Å². The normalized spacial score (nSPS) is 11.2. The van der Waals surface area contributed by atoms with Crippen molar-refractivity contribution < 1.29 is 32.3 Å². The van der Waals surface area contributed by atoms with E-state index < -0.39 is 22.7 Å². The number of anilines is 1. The zero-order valence-corrected chi connectivity index (χ0v) is 19.1. The van der Waals surface area contributed by atoms with Crippen LogP contribution in [0.2, 0.25) is 5.02 Å². The Morgan fingerprint density at radius 2 is 1.73 bits per heavy atom. The molecule has 0 atom stereocenters. The molecule has 2 rings (SSSR count). The topological polar surface area (TPSA) is 72.5 Å². The third-order valence-electron chi connectivity index (χ3n) is 4.75. The van der Waals surface area contributed by atoms with E-state index in [1.165, 1.54) is 19.1 Å². The quantitative estimate of drug-likeness (QED) is 0.382. The Hall–Kier alpha value is -2.87. The van der Waals surface area contributed by atoms with Crippen molar-refractivity contribution in [1.29, 1.82) is 0 Å². The van der Waals surface area contributed by atoms with Crippen LogP contribution in [-0.2, 0) is 22.2 Å². The Labute approximate surface area is 195 Å². The van der Waals surface area contributed by atoms with Gasteiger partial charge in [0.25, 0.3) is 5.91 Å². The Bertz CT molecular complexity index is 1020. The molecule has 33 heavy (non-hydrogen) atoms. The molecule has 2 aromatic rings. The van der Waals surface area contributed by atoms with E-state index in [1.54, 1.807) is 19.1 Å². The second kappa shape index (κ2) is 11.8. The Morgan fingerprint density at radius 1 is 1.03 bits per heavy atom. The van der Waals surface area contributed by atoms with Crippen molar-refractivity contribution in [3.63, 3.8) is 0 Å². The number of amides is 1. The van der Waals surface area contributed by atoms with Gasteiger partial charge in [0, 0.05) is 24.9 Å². The van der Waals surface area contributed by atoms with E-state index in [1.807, 2.05) is 0 Å². The molecule has 0 heterocycles. The summed E-state index contributed by atoms with van der Waals surface area (Å²) in [5.74, 6) is -0.392. The zero-order chi connectivity index (χ0) is 24.6. The SMILES string of the molecule is CCOc1ccc(CC(=O)CCCCC(C)=O)cc1C(=O)Nc1ccc(Cl)c(C(F)(F)F)c1. The van der Waals surface area contributed by atoms with E-state index in [4.69, 9.17) is 16.3 Å². The van der Waals surface area contributed by atoms with Crippen molar-refractivity contribution in [2.24, 2.45) is 0 Å². The summed E-state index contributed by atoms with van der Waals surface area (Å²) < 4.78 is 44.8. The number of hydrogen-bond donors (Lipinski definition) is 1. The van der Waals surface area contributed by atoms with Gasteiger partial charge in [0.1, 0.15) is 17.3 Å². The van der Waals surface area contributed by atoms with Crippen molar-refractivity contribution in [2.45, 2.75) is 52.1 Å². The molecule has 2 aromatic carbocycles. The van der Waals surface area contributed by atoms with Crippen LogP contribution >= 0.6 is 11.6 Å². The highest BCUT2D eigenvalue weighted by molar-refractivity contribution is 6.31. The third kappa shape index (κ3) is 8.20. The number of hydrogen-bond acceptors (Lipinski definition) is 4. The number of rotatable bonds is 11. The molecule has 0 saturated heterocycles. The summed E-state index contributed by atoms with van der Waals surface area (Å²) in [6, 6.07) is 7.80. The zero-order valence-electron chi connectivity index (χ0n) is 18.4. The van der Waals surface area contributed by atoms with E-state index in [9.17, 15) is 27.6 Å². The molecule has 0 fully saturated rings. The largest absolute Gasteiger partial charge is 0.493 e. The summed E-state index contributed by atoms with van der Waals surface area (Å²) in [6.45, 7) is 3.51. The van der Waals surface area contributed by atoms with Crippen LogP contribution < -0.4 is 10.1 Å². The Kier molecular flexibility index (Phi) is 9.46. The summed E-state index contributed by atoms with van der Waals surface area (Å²) >= 11 is 5.63. The molecule has 178 valence electrons. The first-order valence-electron chi connectivity index (χ1n) is 10.5. The fraction of sp³-hybridized carbons (Fsp3) is 0.375. The van der Waals surface area contributed by atoms with Crippen LogP contribution in [0.25, 0.3) is 0 Å². The number of carbonyl (C=O) groups is 3. The molecule has 0 radical (unpaired) electrons. The molecular formula is C24H25ClF3NO4. The summed E-state index contributed by atoms with van der Waals surface area (Å²) in [7, 11) is 0. The molecule has 1 N–H and O–H groups in total. The first-order chi connectivity index (χ1) is 15.5. The van der Waals surface area contributed by atoms with Crippen molar-refractivity contribution >= 4 is 34.8 Å². The number of halogens is 4. The van der Waals surface area contributed by atoms with Crippen LogP contribution in [0.3, 0.4) is 0 Å². The van der Waals surface area contributed by atoms with Gasteiger partial charge < -0.3 is 14.8 Å².